The molecular formula is C15H21N3. The van der Waals surface area contributed by atoms with Gasteiger partial charge in [0.25, 0.3) is 0 Å². The molecule has 0 unspecified atom stereocenters. The van der Waals surface area contributed by atoms with Crippen LogP contribution >= 0.6 is 0 Å². The number of fused-ring (bicyclic) bond motifs is 1. The third-order valence-electron chi connectivity index (χ3n) is 4.54. The molecule has 1 aromatic carbocycles. The molecule has 0 amide bonds. The minimum absolute atomic E-state index is 0.317. The molecule has 1 saturated carbocycles. The van der Waals surface area contributed by atoms with Gasteiger partial charge in [0, 0.05) is 6.42 Å². The van der Waals surface area contributed by atoms with Crippen molar-refractivity contribution in [2.75, 3.05) is 6.54 Å². The van der Waals surface area contributed by atoms with Crippen molar-refractivity contribution in [1.82, 2.24) is 9.97 Å². The number of hydrogen-bond acceptors (Lipinski definition) is 2. The van der Waals surface area contributed by atoms with Crippen molar-refractivity contribution in [2.24, 2.45) is 11.1 Å². The molecule has 0 atom stereocenters. The molecule has 1 aliphatic carbocycles. The van der Waals surface area contributed by atoms with E-state index >= 15 is 0 Å². The minimum Gasteiger partial charge on any atom is -0.342 e. The monoisotopic (exact) mass is 243 g/mol. The van der Waals surface area contributed by atoms with Crippen LogP contribution in [-0.4, -0.2) is 16.5 Å². The third kappa shape index (κ3) is 1.83. The Hall–Kier alpha value is -1.35. The van der Waals surface area contributed by atoms with Crippen molar-refractivity contribution in [2.45, 2.75) is 39.5 Å². The molecule has 3 heteroatoms. The number of imidazole rings is 1. The molecule has 0 spiro atoms. The molecule has 2 aromatic rings. The smallest absolute Gasteiger partial charge is 0.107 e. The van der Waals surface area contributed by atoms with Crippen molar-refractivity contribution in [1.29, 1.82) is 0 Å². The zero-order chi connectivity index (χ0) is 12.8. The third-order valence-corrected chi connectivity index (χ3v) is 4.54. The van der Waals surface area contributed by atoms with Crippen LogP contribution in [0.3, 0.4) is 0 Å². The average Bonchev–Trinajstić information content (AvgIpc) is 2.66. The molecule has 1 aliphatic rings. The average molecular weight is 243 g/mol. The predicted octanol–water partition coefficient (Wildman–Crippen LogP) is 2.85. The van der Waals surface area contributed by atoms with Gasteiger partial charge < -0.3 is 10.7 Å². The van der Waals surface area contributed by atoms with E-state index in [0.717, 1.165) is 29.8 Å². The largest absolute Gasteiger partial charge is 0.342 e. The molecule has 0 aliphatic heterocycles. The second-order valence-electron chi connectivity index (χ2n) is 5.87. The van der Waals surface area contributed by atoms with Crippen molar-refractivity contribution in [3.05, 3.63) is 29.1 Å². The fourth-order valence-corrected chi connectivity index (χ4v) is 2.89. The van der Waals surface area contributed by atoms with Gasteiger partial charge in [-0.2, -0.15) is 0 Å². The van der Waals surface area contributed by atoms with E-state index in [2.05, 4.69) is 31.0 Å². The van der Waals surface area contributed by atoms with Gasteiger partial charge in [-0.1, -0.05) is 6.42 Å². The standard InChI is InChI=1S/C15H21N3/c1-10-6-12-13(7-11(10)2)18-14(17-12)8-15(9-16)4-3-5-15/h6-7H,3-5,8-9,16H2,1-2H3,(H,17,18). The highest BCUT2D eigenvalue weighted by atomic mass is 14.9. The van der Waals surface area contributed by atoms with Gasteiger partial charge in [-0.15, -0.1) is 0 Å². The highest BCUT2D eigenvalue weighted by Gasteiger charge is 2.36. The lowest BCUT2D eigenvalue weighted by Crippen LogP contribution is -2.39. The fraction of sp³-hybridized carbons (Fsp3) is 0.533. The van der Waals surface area contributed by atoms with Gasteiger partial charge >= 0.3 is 0 Å². The lowest BCUT2D eigenvalue weighted by molar-refractivity contribution is 0.142. The highest BCUT2D eigenvalue weighted by molar-refractivity contribution is 5.77. The Kier molecular flexibility index (Phi) is 2.67. The Morgan fingerprint density at radius 1 is 1.28 bits per heavy atom. The second-order valence-corrected chi connectivity index (χ2v) is 5.87. The van der Waals surface area contributed by atoms with Crippen molar-refractivity contribution in [3.8, 4) is 0 Å². The maximum atomic E-state index is 5.92. The summed E-state index contributed by atoms with van der Waals surface area (Å²) in [6, 6.07) is 4.36. The molecular weight excluding hydrogens is 222 g/mol. The molecule has 3 nitrogen and oxygen atoms in total. The summed E-state index contributed by atoms with van der Waals surface area (Å²) in [5.74, 6) is 1.10. The summed E-state index contributed by atoms with van der Waals surface area (Å²) >= 11 is 0. The first-order chi connectivity index (χ1) is 8.62. The van der Waals surface area contributed by atoms with E-state index in [1.165, 1.54) is 30.4 Å². The van der Waals surface area contributed by atoms with Crippen LogP contribution in [0.1, 0.15) is 36.2 Å². The van der Waals surface area contributed by atoms with Crippen molar-refractivity contribution >= 4 is 11.0 Å². The summed E-state index contributed by atoms with van der Waals surface area (Å²) < 4.78 is 0. The van der Waals surface area contributed by atoms with Gasteiger partial charge in [0.05, 0.1) is 11.0 Å². The number of hydrogen-bond donors (Lipinski definition) is 2. The molecule has 96 valence electrons. The molecule has 1 aromatic heterocycles. The summed E-state index contributed by atoms with van der Waals surface area (Å²) in [5, 5.41) is 0. The molecule has 18 heavy (non-hydrogen) atoms. The SMILES string of the molecule is Cc1cc2nc(CC3(CN)CCC3)[nH]c2cc1C. The Morgan fingerprint density at radius 3 is 2.61 bits per heavy atom. The van der Waals surface area contributed by atoms with E-state index in [4.69, 9.17) is 10.7 Å². The normalized spacial score (nSPS) is 17.9. The van der Waals surface area contributed by atoms with Crippen molar-refractivity contribution < 1.29 is 0 Å². The number of aromatic nitrogens is 2. The molecule has 3 rings (SSSR count). The lowest BCUT2D eigenvalue weighted by Gasteiger charge is -2.40. The second kappa shape index (κ2) is 4.09. The molecule has 0 radical (unpaired) electrons. The van der Waals surface area contributed by atoms with Crippen LogP contribution in [0.15, 0.2) is 12.1 Å². The Morgan fingerprint density at radius 2 is 2.00 bits per heavy atom. The number of nitrogens with one attached hydrogen (secondary N) is 1. The molecule has 0 saturated heterocycles. The van der Waals surface area contributed by atoms with Gasteiger partial charge in [0.2, 0.25) is 0 Å². The van der Waals surface area contributed by atoms with Crippen LogP contribution in [-0.2, 0) is 6.42 Å². The zero-order valence-electron chi connectivity index (χ0n) is 11.2. The van der Waals surface area contributed by atoms with Crippen LogP contribution in [0, 0.1) is 19.3 Å². The Labute approximate surface area is 108 Å². The molecule has 1 heterocycles. The van der Waals surface area contributed by atoms with Gasteiger partial charge in [-0.05, 0) is 61.9 Å². The zero-order valence-corrected chi connectivity index (χ0v) is 11.2. The Balaban J connectivity index is 1.93. The van der Waals surface area contributed by atoms with Gasteiger partial charge in [-0.25, -0.2) is 4.98 Å². The predicted molar refractivity (Wildman–Crippen MR) is 74.6 cm³/mol. The fourth-order valence-electron chi connectivity index (χ4n) is 2.89. The van der Waals surface area contributed by atoms with E-state index in [1.807, 2.05) is 0 Å². The maximum absolute atomic E-state index is 5.92. The molecule has 0 bridgehead atoms. The number of benzene rings is 1. The number of aryl methyl sites for hydroxylation is 2. The summed E-state index contributed by atoms with van der Waals surface area (Å²) in [5.41, 5.74) is 11.1. The quantitative estimate of drug-likeness (QED) is 0.871. The molecule has 1 fully saturated rings. The van der Waals surface area contributed by atoms with E-state index in [0.29, 0.717) is 5.41 Å². The number of aromatic amines is 1. The van der Waals surface area contributed by atoms with Gasteiger partial charge in [0.1, 0.15) is 5.82 Å². The van der Waals surface area contributed by atoms with Crippen LogP contribution < -0.4 is 5.73 Å². The van der Waals surface area contributed by atoms with Crippen molar-refractivity contribution in [3.63, 3.8) is 0 Å². The highest BCUT2D eigenvalue weighted by Crippen LogP contribution is 2.42. The van der Waals surface area contributed by atoms with Gasteiger partial charge in [-0.3, -0.25) is 0 Å². The number of rotatable bonds is 3. The first-order valence-electron chi connectivity index (χ1n) is 6.78. The summed E-state index contributed by atoms with van der Waals surface area (Å²) in [7, 11) is 0. The summed E-state index contributed by atoms with van der Waals surface area (Å²) in [4.78, 5) is 8.17. The summed E-state index contributed by atoms with van der Waals surface area (Å²) in [6.07, 6.45) is 4.81. The first-order valence-corrected chi connectivity index (χ1v) is 6.78. The van der Waals surface area contributed by atoms with Crippen LogP contribution in [0.4, 0.5) is 0 Å². The maximum Gasteiger partial charge on any atom is 0.107 e. The van der Waals surface area contributed by atoms with Crippen LogP contribution in [0.25, 0.3) is 11.0 Å². The number of nitrogens with two attached hydrogens (primary N) is 1. The van der Waals surface area contributed by atoms with Crippen LogP contribution in [0.5, 0.6) is 0 Å². The molecule has 3 N–H and O–H groups in total. The minimum atomic E-state index is 0.317. The van der Waals surface area contributed by atoms with Gasteiger partial charge in [0.15, 0.2) is 0 Å². The van der Waals surface area contributed by atoms with E-state index in [1.54, 1.807) is 0 Å². The van der Waals surface area contributed by atoms with E-state index < -0.39 is 0 Å². The summed E-state index contributed by atoms with van der Waals surface area (Å²) in [6.45, 7) is 5.06. The lowest BCUT2D eigenvalue weighted by atomic mass is 9.66. The number of H-pyrrole nitrogens is 1. The van der Waals surface area contributed by atoms with Crippen LogP contribution in [0.2, 0.25) is 0 Å². The van der Waals surface area contributed by atoms with E-state index in [-0.39, 0.29) is 0 Å². The topological polar surface area (TPSA) is 54.7 Å². The van der Waals surface area contributed by atoms with E-state index in [9.17, 15) is 0 Å². The number of nitrogens with zero attached hydrogens (tertiary/aromatic N) is 1. The Bertz CT molecular complexity index is 534. The first kappa shape index (κ1) is 11.7.